The van der Waals surface area contributed by atoms with Gasteiger partial charge in [-0.3, -0.25) is 0 Å². The summed E-state index contributed by atoms with van der Waals surface area (Å²) in [4.78, 5) is 2.43. The number of hydrogen-bond acceptors (Lipinski definition) is 2. The van der Waals surface area contributed by atoms with Crippen molar-refractivity contribution in [1.82, 2.24) is 4.57 Å². The molecule has 13 rings (SSSR count). The van der Waals surface area contributed by atoms with Crippen molar-refractivity contribution in [2.45, 2.75) is 0 Å². The van der Waals surface area contributed by atoms with Crippen LogP contribution < -0.4 is 25.6 Å². The maximum Gasteiger partial charge on any atom is 0.179 e. The molecule has 2 heterocycles. The van der Waals surface area contributed by atoms with Crippen LogP contribution in [-0.4, -0.2) is 12.6 Å². The van der Waals surface area contributed by atoms with Gasteiger partial charge in [-0.1, -0.05) is 212 Å². The molecule has 0 aliphatic carbocycles. The summed E-state index contributed by atoms with van der Waals surface area (Å²) in [7, 11) is -2.86. The number of nitrogens with zero attached hydrogens (tertiary/aromatic N) is 2. The summed E-state index contributed by atoms with van der Waals surface area (Å²) < 4.78 is 9.00. The zero-order valence-corrected chi connectivity index (χ0v) is 39.4. The van der Waals surface area contributed by atoms with E-state index in [0.717, 1.165) is 61.4 Å². The Hall–Kier alpha value is -8.96. The summed E-state index contributed by atoms with van der Waals surface area (Å²) in [5.41, 5.74) is 13.0. The lowest BCUT2D eigenvalue weighted by Gasteiger charge is -2.35. The molecule has 0 unspecified atom stereocenters. The van der Waals surface area contributed by atoms with E-state index in [0.29, 0.717) is 0 Å². The van der Waals surface area contributed by atoms with E-state index in [9.17, 15) is 0 Å². The summed E-state index contributed by atoms with van der Waals surface area (Å²) in [5, 5.41) is 10.0. The van der Waals surface area contributed by atoms with Gasteiger partial charge in [0.25, 0.3) is 0 Å². The minimum atomic E-state index is -2.86. The molecule has 0 saturated heterocycles. The van der Waals surface area contributed by atoms with Crippen LogP contribution in [0.1, 0.15) is 0 Å². The third-order valence-electron chi connectivity index (χ3n) is 14.1. The lowest BCUT2D eigenvalue weighted by Crippen LogP contribution is -2.74. The Bertz CT molecular complexity index is 3900. The van der Waals surface area contributed by atoms with Gasteiger partial charge in [-0.05, 0) is 104 Å². The van der Waals surface area contributed by atoms with Crippen LogP contribution >= 0.6 is 0 Å². The van der Waals surface area contributed by atoms with Crippen LogP contribution in [0.3, 0.4) is 0 Å². The standard InChI is InChI=1S/C66H46N2OSi/c1-5-22-49(23-6-1)68-62-38-15-13-34-61(62)65-57(35-20-39-63(65)68)47-41-43-50(44-42-47)67(51-24-17-21-48(45-51)58-36-19-37-60-59-33-14-16-40-64(59)69-66(58)60)52-25-18-32-56(46-52)70(53-26-7-2-8-27-53,54-28-9-3-10-29-54)55-30-11-4-12-31-55/h1-46H. The van der Waals surface area contributed by atoms with E-state index in [1.54, 1.807) is 0 Å². The van der Waals surface area contributed by atoms with Gasteiger partial charge in [0.2, 0.25) is 0 Å². The second-order valence-corrected chi connectivity index (χ2v) is 21.8. The van der Waals surface area contributed by atoms with Crippen molar-refractivity contribution in [2.24, 2.45) is 0 Å². The normalized spacial score (nSPS) is 11.7. The molecule has 330 valence electrons. The topological polar surface area (TPSA) is 21.3 Å². The van der Waals surface area contributed by atoms with Crippen LogP contribution in [-0.2, 0) is 0 Å². The first-order valence-corrected chi connectivity index (χ1v) is 26.0. The van der Waals surface area contributed by atoms with Crippen LogP contribution in [0, 0.1) is 0 Å². The SMILES string of the molecule is c1ccc(-n2c3ccccc3c3c(-c4ccc(N(c5cccc(-c6cccc7c6oc6ccccc67)c5)c5cccc([Si](c6ccccc6)(c6ccccc6)c6ccccc6)c5)cc4)cccc32)cc1. The Balaban J connectivity index is 1.01. The highest BCUT2D eigenvalue weighted by Gasteiger charge is 2.41. The zero-order valence-electron chi connectivity index (χ0n) is 38.4. The van der Waals surface area contributed by atoms with Crippen molar-refractivity contribution >= 4 is 89.6 Å². The molecule has 0 aliphatic rings. The molecule has 0 amide bonds. The molecular weight excluding hydrogens is 865 g/mol. The van der Waals surface area contributed by atoms with Gasteiger partial charge in [-0.2, -0.15) is 0 Å². The Kier molecular flexibility index (Phi) is 10.2. The minimum Gasteiger partial charge on any atom is -0.455 e. The van der Waals surface area contributed by atoms with Crippen molar-refractivity contribution < 1.29 is 4.42 Å². The van der Waals surface area contributed by atoms with Gasteiger partial charge in [0, 0.05) is 49.9 Å². The lowest BCUT2D eigenvalue weighted by atomic mass is 9.98. The highest BCUT2D eigenvalue weighted by Crippen LogP contribution is 2.42. The summed E-state index contributed by atoms with van der Waals surface area (Å²) in [6.45, 7) is 0. The molecule has 0 N–H and O–H groups in total. The molecule has 0 bridgehead atoms. The molecule has 0 atom stereocenters. The number of aromatic nitrogens is 1. The Morgan fingerprint density at radius 2 is 0.843 bits per heavy atom. The number of benzene rings is 11. The number of para-hydroxylation sites is 4. The van der Waals surface area contributed by atoms with Gasteiger partial charge in [0.05, 0.1) is 11.0 Å². The van der Waals surface area contributed by atoms with Gasteiger partial charge < -0.3 is 13.9 Å². The van der Waals surface area contributed by atoms with E-state index in [1.165, 1.54) is 48.1 Å². The molecule has 13 aromatic rings. The fraction of sp³-hybridized carbons (Fsp3) is 0. The predicted octanol–water partition coefficient (Wildman–Crippen LogP) is 14.9. The van der Waals surface area contributed by atoms with Crippen molar-refractivity contribution in [3.05, 3.63) is 279 Å². The summed E-state index contributed by atoms with van der Waals surface area (Å²) in [6.07, 6.45) is 0. The van der Waals surface area contributed by atoms with Gasteiger partial charge in [0.1, 0.15) is 11.2 Å². The van der Waals surface area contributed by atoms with Gasteiger partial charge in [-0.15, -0.1) is 0 Å². The van der Waals surface area contributed by atoms with E-state index >= 15 is 0 Å². The monoisotopic (exact) mass is 910 g/mol. The van der Waals surface area contributed by atoms with E-state index in [1.807, 2.05) is 6.07 Å². The van der Waals surface area contributed by atoms with Crippen molar-refractivity contribution in [2.75, 3.05) is 4.90 Å². The van der Waals surface area contributed by atoms with Crippen LogP contribution in [0.4, 0.5) is 17.1 Å². The molecular formula is C66H46N2OSi. The van der Waals surface area contributed by atoms with Crippen LogP contribution in [0.25, 0.3) is 71.7 Å². The van der Waals surface area contributed by atoms with E-state index in [4.69, 9.17) is 4.42 Å². The Morgan fingerprint density at radius 1 is 0.329 bits per heavy atom. The number of rotatable bonds is 10. The van der Waals surface area contributed by atoms with Crippen molar-refractivity contribution in [3.8, 4) is 27.9 Å². The number of anilines is 3. The van der Waals surface area contributed by atoms with E-state index in [2.05, 4.69) is 282 Å². The second-order valence-electron chi connectivity index (χ2n) is 18.0. The molecule has 11 aromatic carbocycles. The number of hydrogen-bond donors (Lipinski definition) is 0. The second kappa shape index (κ2) is 17.3. The smallest absolute Gasteiger partial charge is 0.179 e. The maximum absolute atomic E-state index is 6.62. The molecule has 3 nitrogen and oxygen atoms in total. The molecule has 0 spiro atoms. The average molecular weight is 911 g/mol. The summed E-state index contributed by atoms with van der Waals surface area (Å²) >= 11 is 0. The molecule has 2 aromatic heterocycles. The van der Waals surface area contributed by atoms with Crippen molar-refractivity contribution in [3.63, 3.8) is 0 Å². The van der Waals surface area contributed by atoms with E-state index in [-0.39, 0.29) is 0 Å². The number of fused-ring (bicyclic) bond motifs is 6. The fourth-order valence-corrected chi connectivity index (χ4v) is 15.9. The molecule has 0 fully saturated rings. The van der Waals surface area contributed by atoms with E-state index < -0.39 is 8.07 Å². The first kappa shape index (κ1) is 41.2. The minimum absolute atomic E-state index is 0.892. The maximum atomic E-state index is 6.62. The fourth-order valence-electron chi connectivity index (χ4n) is 11.1. The molecule has 0 radical (unpaired) electrons. The first-order valence-electron chi connectivity index (χ1n) is 24.0. The number of furan rings is 1. The average Bonchev–Trinajstić information content (AvgIpc) is 3.99. The summed E-state index contributed by atoms with van der Waals surface area (Å²) in [6, 6.07) is 102. The highest BCUT2D eigenvalue weighted by molar-refractivity contribution is 7.19. The van der Waals surface area contributed by atoms with Crippen molar-refractivity contribution in [1.29, 1.82) is 0 Å². The van der Waals surface area contributed by atoms with Gasteiger partial charge in [0.15, 0.2) is 8.07 Å². The molecule has 70 heavy (non-hydrogen) atoms. The Morgan fingerprint density at radius 3 is 1.54 bits per heavy atom. The van der Waals surface area contributed by atoms with Gasteiger partial charge >= 0.3 is 0 Å². The Labute approximate surface area is 408 Å². The first-order chi connectivity index (χ1) is 34.7. The predicted molar refractivity (Wildman–Crippen MR) is 297 cm³/mol. The van der Waals surface area contributed by atoms with Crippen LogP contribution in [0.2, 0.25) is 0 Å². The molecule has 0 saturated carbocycles. The molecule has 4 heteroatoms. The lowest BCUT2D eigenvalue weighted by molar-refractivity contribution is 0.670. The third-order valence-corrected chi connectivity index (χ3v) is 18.9. The highest BCUT2D eigenvalue weighted by atomic mass is 28.3. The van der Waals surface area contributed by atoms with Gasteiger partial charge in [-0.25, -0.2) is 0 Å². The van der Waals surface area contributed by atoms with Crippen LogP contribution in [0.5, 0.6) is 0 Å². The third kappa shape index (κ3) is 6.80. The van der Waals surface area contributed by atoms with Crippen LogP contribution in [0.15, 0.2) is 283 Å². The quantitative estimate of drug-likeness (QED) is 0.101. The molecule has 0 aliphatic heterocycles. The summed E-state index contributed by atoms with van der Waals surface area (Å²) in [5.74, 6) is 0. The zero-order chi connectivity index (χ0) is 46.4. The largest absolute Gasteiger partial charge is 0.455 e.